The fourth-order valence-electron chi connectivity index (χ4n) is 8.81. The number of hydrogen-bond donors (Lipinski definition) is 2. The molecule has 74 heavy (non-hydrogen) atoms. The number of aliphatic hydroxyl groups excluding tert-OH is 1. The molecule has 8 nitrogen and oxygen atoms in total. The Bertz CT molecular complexity index is 1480. The van der Waals surface area contributed by atoms with E-state index in [4.69, 9.17) is 9.05 Å². The van der Waals surface area contributed by atoms with Gasteiger partial charge in [0.2, 0.25) is 5.91 Å². The fourth-order valence-corrected chi connectivity index (χ4v) is 9.53. The van der Waals surface area contributed by atoms with Gasteiger partial charge in [0, 0.05) is 6.42 Å². The van der Waals surface area contributed by atoms with Crippen molar-refractivity contribution < 1.29 is 32.9 Å². The summed E-state index contributed by atoms with van der Waals surface area (Å²) in [5.41, 5.74) is 0. The number of quaternary nitrogens is 1. The smallest absolute Gasteiger partial charge is 0.268 e. The van der Waals surface area contributed by atoms with E-state index in [0.29, 0.717) is 17.4 Å². The monoisotopic (exact) mass is 1050 g/mol. The van der Waals surface area contributed by atoms with Crippen LogP contribution in [0.4, 0.5) is 0 Å². The molecule has 0 spiro atoms. The lowest BCUT2D eigenvalue weighted by Crippen LogP contribution is -2.45. The number of nitrogens with zero attached hydrogens (tertiary/aromatic N) is 1. The molecule has 0 aromatic carbocycles. The van der Waals surface area contributed by atoms with Gasteiger partial charge in [-0.3, -0.25) is 9.36 Å². The second kappa shape index (κ2) is 55.4. The van der Waals surface area contributed by atoms with Crippen LogP contribution in [0.5, 0.6) is 0 Å². The third-order valence-electron chi connectivity index (χ3n) is 13.6. The van der Waals surface area contributed by atoms with E-state index in [1.807, 2.05) is 27.2 Å². The van der Waals surface area contributed by atoms with E-state index in [9.17, 15) is 19.4 Å². The number of phosphoric acid groups is 1. The lowest BCUT2D eigenvalue weighted by Gasteiger charge is -2.29. The van der Waals surface area contributed by atoms with Gasteiger partial charge in [0.05, 0.1) is 39.9 Å². The van der Waals surface area contributed by atoms with Gasteiger partial charge in [-0.2, -0.15) is 0 Å². The third kappa shape index (κ3) is 57.4. The topological polar surface area (TPSA) is 108 Å². The largest absolute Gasteiger partial charge is 0.756 e. The first-order valence-electron chi connectivity index (χ1n) is 30.9. The van der Waals surface area contributed by atoms with Crippen molar-refractivity contribution in [2.75, 3.05) is 40.9 Å². The molecule has 9 heteroatoms. The van der Waals surface area contributed by atoms with Crippen LogP contribution in [0.1, 0.15) is 271 Å². The van der Waals surface area contributed by atoms with E-state index in [1.54, 1.807) is 6.08 Å². The van der Waals surface area contributed by atoms with Crippen LogP contribution in [-0.2, 0) is 18.4 Å². The van der Waals surface area contributed by atoms with Gasteiger partial charge in [0.25, 0.3) is 7.82 Å². The van der Waals surface area contributed by atoms with Crippen LogP contribution in [0.15, 0.2) is 85.1 Å². The Labute approximate surface area is 458 Å². The number of aliphatic hydroxyl groups is 1. The summed E-state index contributed by atoms with van der Waals surface area (Å²) < 4.78 is 23.4. The lowest BCUT2D eigenvalue weighted by atomic mass is 10.0. The van der Waals surface area contributed by atoms with Crippen molar-refractivity contribution in [3.63, 3.8) is 0 Å². The highest BCUT2D eigenvalue weighted by atomic mass is 31.2. The molecule has 0 aromatic heterocycles. The Hall–Kier alpha value is -2.32. The van der Waals surface area contributed by atoms with Crippen LogP contribution in [0.3, 0.4) is 0 Å². The number of rotatable bonds is 56. The molecule has 0 saturated heterocycles. The van der Waals surface area contributed by atoms with Crippen molar-refractivity contribution in [3.05, 3.63) is 85.1 Å². The molecule has 0 radical (unpaired) electrons. The Kier molecular flexibility index (Phi) is 53.7. The van der Waals surface area contributed by atoms with Crippen LogP contribution in [0.2, 0.25) is 0 Å². The van der Waals surface area contributed by atoms with Crippen LogP contribution in [-0.4, -0.2) is 68.5 Å². The van der Waals surface area contributed by atoms with Gasteiger partial charge in [-0.1, -0.05) is 279 Å². The zero-order chi connectivity index (χ0) is 54.2. The number of unbranched alkanes of at least 4 members (excludes halogenated alkanes) is 31. The Morgan fingerprint density at radius 3 is 1.20 bits per heavy atom. The standard InChI is InChI=1S/C65H119N2O6P/c1-6-8-10-12-14-16-18-20-22-24-26-28-29-30-31-32-33-34-35-36-37-39-41-43-45-47-49-51-53-55-57-59-65(69)66-63(62-73-74(70,71)72-61-60-67(3,4)5)64(68)58-56-54-52-50-48-46-44-42-40-38-27-25-23-21-19-17-15-13-11-9-7-2/h8,10,14,16,20,22,26,28,30-31,33-34,56,58,63-64,68H,6-7,9,11-13,15,17-19,21,23-25,27,29,32,35-55,57,59-62H2,1-5H3,(H-,66,69,70,71)/b10-8-,16-14-,22-20-,28-26-,31-30-,34-33-,58-56+. The van der Waals surface area contributed by atoms with Gasteiger partial charge < -0.3 is 28.8 Å². The Morgan fingerprint density at radius 2 is 0.824 bits per heavy atom. The lowest BCUT2D eigenvalue weighted by molar-refractivity contribution is -0.870. The quantitative estimate of drug-likeness (QED) is 0.0272. The minimum Gasteiger partial charge on any atom is -0.756 e. The van der Waals surface area contributed by atoms with Crippen LogP contribution in [0.25, 0.3) is 0 Å². The van der Waals surface area contributed by atoms with Gasteiger partial charge in [-0.25, -0.2) is 0 Å². The highest BCUT2D eigenvalue weighted by Crippen LogP contribution is 2.38. The first kappa shape index (κ1) is 71.7. The fraction of sp³-hybridized carbons (Fsp3) is 0.769. The van der Waals surface area contributed by atoms with Crippen LogP contribution >= 0.6 is 7.82 Å². The Morgan fingerprint density at radius 1 is 0.486 bits per heavy atom. The average molecular weight is 1060 g/mol. The molecule has 1 amide bonds. The number of phosphoric ester groups is 1. The zero-order valence-corrected chi connectivity index (χ0v) is 49.9. The van der Waals surface area contributed by atoms with Crippen LogP contribution in [0, 0.1) is 0 Å². The molecule has 0 rings (SSSR count). The highest BCUT2D eigenvalue weighted by Gasteiger charge is 2.23. The van der Waals surface area contributed by atoms with E-state index < -0.39 is 20.0 Å². The molecular weight excluding hydrogens is 936 g/mol. The molecule has 430 valence electrons. The third-order valence-corrected chi connectivity index (χ3v) is 14.6. The number of allylic oxidation sites excluding steroid dienone is 13. The molecule has 0 aliphatic heterocycles. The van der Waals surface area contributed by atoms with Crippen molar-refractivity contribution in [3.8, 4) is 0 Å². The first-order valence-corrected chi connectivity index (χ1v) is 32.4. The van der Waals surface area contributed by atoms with E-state index in [2.05, 4.69) is 92.1 Å². The molecule has 3 unspecified atom stereocenters. The second-order valence-electron chi connectivity index (χ2n) is 22.0. The number of amides is 1. The van der Waals surface area contributed by atoms with E-state index in [-0.39, 0.29) is 19.1 Å². The summed E-state index contributed by atoms with van der Waals surface area (Å²) in [4.78, 5) is 25.6. The molecule has 0 fully saturated rings. The summed E-state index contributed by atoms with van der Waals surface area (Å²) in [5, 5.41) is 13.9. The second-order valence-corrected chi connectivity index (χ2v) is 23.4. The van der Waals surface area contributed by atoms with Crippen molar-refractivity contribution in [1.29, 1.82) is 0 Å². The summed E-state index contributed by atoms with van der Waals surface area (Å²) in [6, 6.07) is -0.893. The predicted octanol–water partition coefficient (Wildman–Crippen LogP) is 18.6. The number of carbonyl (C=O) groups is 1. The van der Waals surface area contributed by atoms with Crippen LogP contribution < -0.4 is 10.2 Å². The summed E-state index contributed by atoms with van der Waals surface area (Å²) in [7, 11) is 1.26. The van der Waals surface area contributed by atoms with Crippen molar-refractivity contribution in [2.24, 2.45) is 0 Å². The summed E-state index contributed by atoms with van der Waals surface area (Å²) in [6.07, 6.45) is 78.0. The predicted molar refractivity (Wildman–Crippen MR) is 320 cm³/mol. The zero-order valence-electron chi connectivity index (χ0n) is 49.0. The minimum atomic E-state index is -4.60. The maximum Gasteiger partial charge on any atom is 0.268 e. The van der Waals surface area contributed by atoms with Gasteiger partial charge in [0.1, 0.15) is 13.2 Å². The number of hydrogen-bond acceptors (Lipinski definition) is 6. The Balaban J connectivity index is 4.17. The molecular formula is C65H119N2O6P. The normalized spacial score (nSPS) is 14.4. The van der Waals surface area contributed by atoms with Gasteiger partial charge in [-0.15, -0.1) is 0 Å². The molecule has 3 atom stereocenters. The molecule has 0 aliphatic carbocycles. The maximum atomic E-state index is 13.0. The minimum absolute atomic E-state index is 0.00393. The van der Waals surface area contributed by atoms with E-state index >= 15 is 0 Å². The summed E-state index contributed by atoms with van der Waals surface area (Å²) in [5.74, 6) is -0.200. The molecule has 0 aromatic rings. The molecule has 0 saturated carbocycles. The van der Waals surface area contributed by atoms with E-state index in [0.717, 1.165) is 77.0 Å². The molecule has 0 bridgehead atoms. The maximum absolute atomic E-state index is 13.0. The molecule has 2 N–H and O–H groups in total. The number of likely N-dealkylation sites (N-methyl/N-ethyl adjacent to an activating group) is 1. The molecule has 0 heterocycles. The number of carbonyl (C=O) groups excluding carboxylic acids is 1. The van der Waals surface area contributed by atoms with Gasteiger partial charge in [0.15, 0.2) is 0 Å². The number of nitrogens with one attached hydrogen (secondary N) is 1. The summed E-state index contributed by atoms with van der Waals surface area (Å²) in [6.45, 7) is 4.55. The van der Waals surface area contributed by atoms with Crippen molar-refractivity contribution in [1.82, 2.24) is 5.32 Å². The molecule has 0 aliphatic rings. The van der Waals surface area contributed by atoms with Gasteiger partial charge >= 0.3 is 0 Å². The average Bonchev–Trinajstić information content (AvgIpc) is 3.36. The van der Waals surface area contributed by atoms with E-state index in [1.165, 1.54) is 173 Å². The summed E-state index contributed by atoms with van der Waals surface area (Å²) >= 11 is 0. The first-order chi connectivity index (χ1) is 36.0. The highest BCUT2D eigenvalue weighted by molar-refractivity contribution is 7.45. The van der Waals surface area contributed by atoms with Crippen molar-refractivity contribution in [2.45, 2.75) is 283 Å². The van der Waals surface area contributed by atoms with Gasteiger partial charge in [-0.05, 0) is 70.6 Å². The van der Waals surface area contributed by atoms with Crippen molar-refractivity contribution >= 4 is 13.7 Å². The SMILES string of the molecule is CC/C=C\C/C=C\C/C=C\C/C=C\C/C=C\C/C=C\CCCCCCCCCCCCCCC(=O)NC(COP(=O)([O-])OCC[N+](C)(C)C)C(O)/C=C/CCCCCCCCCCCCCCCCCCCCC.